The van der Waals surface area contributed by atoms with Gasteiger partial charge in [-0.15, -0.1) is 0 Å². The fourth-order valence-corrected chi connectivity index (χ4v) is 3.30. The molecule has 0 bridgehead atoms. The van der Waals surface area contributed by atoms with E-state index in [1.165, 1.54) is 12.8 Å². The van der Waals surface area contributed by atoms with Crippen LogP contribution in [0.2, 0.25) is 18.1 Å². The average molecular weight is 321 g/mol. The summed E-state index contributed by atoms with van der Waals surface area (Å²) in [6.07, 6.45) is 3.26. The number of rotatable bonds is 5. The number of hydrogen-bond acceptors (Lipinski definition) is 4. The lowest BCUT2D eigenvalue weighted by Crippen LogP contribution is -2.40. The Morgan fingerprint density at radius 1 is 1.27 bits per heavy atom. The molecule has 0 aromatic carbocycles. The molecule has 0 spiro atoms. The fourth-order valence-electron chi connectivity index (χ4n) is 2.36. The first-order chi connectivity index (χ1) is 10.2. The Hall–Kier alpha value is -1.20. The van der Waals surface area contributed by atoms with Crippen molar-refractivity contribution in [2.24, 2.45) is 0 Å². The first-order valence-corrected chi connectivity index (χ1v) is 11.0. The van der Waals surface area contributed by atoms with E-state index in [0.717, 1.165) is 30.8 Å². The third kappa shape index (κ3) is 3.96. The number of anilines is 1. The van der Waals surface area contributed by atoms with E-state index in [1.807, 2.05) is 6.07 Å². The molecule has 1 aromatic rings. The molecule has 5 heteroatoms. The van der Waals surface area contributed by atoms with Crippen molar-refractivity contribution in [1.29, 1.82) is 0 Å². The molecule has 122 valence electrons. The van der Waals surface area contributed by atoms with E-state index in [1.54, 1.807) is 0 Å². The normalized spacial score (nSPS) is 16.1. The van der Waals surface area contributed by atoms with Gasteiger partial charge in [0.2, 0.25) is 0 Å². The summed E-state index contributed by atoms with van der Waals surface area (Å²) >= 11 is 0. The zero-order valence-corrected chi connectivity index (χ0v) is 15.5. The van der Waals surface area contributed by atoms with Gasteiger partial charge in [-0.1, -0.05) is 20.8 Å². The Labute approximate surface area is 135 Å². The summed E-state index contributed by atoms with van der Waals surface area (Å²) < 4.78 is 6.24. The summed E-state index contributed by atoms with van der Waals surface area (Å²) in [6.45, 7) is 13.8. The molecule has 0 unspecified atom stereocenters. The molecule has 22 heavy (non-hydrogen) atoms. The maximum absolute atomic E-state index is 11.2. The van der Waals surface area contributed by atoms with Crippen LogP contribution in [0.5, 0.6) is 0 Å². The topological polar surface area (TPSA) is 42.4 Å². The number of hydrogen-bond donors (Lipinski definition) is 0. The summed E-state index contributed by atoms with van der Waals surface area (Å²) in [7, 11) is -1.81. The van der Waals surface area contributed by atoms with Gasteiger partial charge in [-0.25, -0.2) is 4.98 Å². The molecule has 1 fully saturated rings. The number of carbonyl (C=O) groups excluding carboxylic acids is 1. The summed E-state index contributed by atoms with van der Waals surface area (Å²) in [5.41, 5.74) is 2.46. The van der Waals surface area contributed by atoms with E-state index in [9.17, 15) is 4.79 Å². The van der Waals surface area contributed by atoms with Gasteiger partial charge in [-0.3, -0.25) is 4.79 Å². The van der Waals surface area contributed by atoms with Crippen LogP contribution < -0.4 is 4.90 Å². The van der Waals surface area contributed by atoms with Gasteiger partial charge in [-0.2, -0.15) is 0 Å². The average Bonchev–Trinajstić information content (AvgIpc) is 2.98. The Kier molecular flexibility index (Phi) is 5.07. The molecule has 1 aliphatic rings. The molecule has 4 nitrogen and oxygen atoms in total. The molecule has 0 radical (unpaired) electrons. The largest absolute Gasteiger partial charge is 0.411 e. The predicted octanol–water partition coefficient (Wildman–Crippen LogP) is 4.02. The van der Waals surface area contributed by atoms with Crippen LogP contribution in [0.1, 0.15) is 49.8 Å². The van der Waals surface area contributed by atoms with Gasteiger partial charge in [0.25, 0.3) is 0 Å². The molecule has 0 amide bonds. The minimum absolute atomic E-state index is 0.174. The number of aldehydes is 1. The molecule has 0 atom stereocenters. The van der Waals surface area contributed by atoms with E-state index in [-0.39, 0.29) is 5.04 Å². The van der Waals surface area contributed by atoms with E-state index < -0.39 is 8.32 Å². The predicted molar refractivity (Wildman–Crippen MR) is 93.1 cm³/mol. The maximum Gasteiger partial charge on any atom is 0.192 e. The molecule has 1 aliphatic heterocycles. The second-order valence-electron chi connectivity index (χ2n) is 7.60. The molecule has 0 saturated carbocycles. The maximum atomic E-state index is 11.2. The molecule has 2 heterocycles. The molecular formula is C17H28N2O2Si. The minimum Gasteiger partial charge on any atom is -0.411 e. The zero-order chi connectivity index (χ0) is 16.4. The van der Waals surface area contributed by atoms with Crippen molar-refractivity contribution in [3.05, 3.63) is 23.5 Å². The third-order valence-electron chi connectivity index (χ3n) is 4.86. The van der Waals surface area contributed by atoms with Crippen LogP contribution in [0.15, 0.2) is 12.1 Å². The molecule has 2 rings (SSSR count). The number of carbonyl (C=O) groups is 1. The second-order valence-corrected chi connectivity index (χ2v) is 12.4. The summed E-state index contributed by atoms with van der Waals surface area (Å²) in [4.78, 5) is 17.9. The molecule has 0 N–H and O–H groups in total. The molecule has 0 aliphatic carbocycles. The van der Waals surface area contributed by atoms with Crippen LogP contribution in [0.3, 0.4) is 0 Å². The van der Waals surface area contributed by atoms with Gasteiger partial charge < -0.3 is 9.33 Å². The van der Waals surface area contributed by atoms with Crippen molar-refractivity contribution >= 4 is 20.3 Å². The summed E-state index contributed by atoms with van der Waals surface area (Å²) in [6, 6.07) is 3.96. The van der Waals surface area contributed by atoms with E-state index >= 15 is 0 Å². The van der Waals surface area contributed by atoms with Gasteiger partial charge in [-0.05, 0) is 43.1 Å². The lowest BCUT2D eigenvalue weighted by atomic mass is 10.2. The lowest BCUT2D eigenvalue weighted by Gasteiger charge is -2.36. The van der Waals surface area contributed by atoms with Gasteiger partial charge in [0, 0.05) is 18.8 Å². The number of pyridine rings is 1. The highest BCUT2D eigenvalue weighted by atomic mass is 28.4. The van der Waals surface area contributed by atoms with E-state index in [2.05, 4.69) is 49.8 Å². The second kappa shape index (κ2) is 6.50. The first-order valence-electron chi connectivity index (χ1n) is 8.08. The highest BCUT2D eigenvalue weighted by molar-refractivity contribution is 6.74. The first kappa shape index (κ1) is 17.2. The van der Waals surface area contributed by atoms with Gasteiger partial charge in [0.05, 0.1) is 12.3 Å². The third-order valence-corrected chi connectivity index (χ3v) is 9.34. The Balaban J connectivity index is 2.16. The van der Waals surface area contributed by atoms with Gasteiger partial charge in [0.15, 0.2) is 14.6 Å². The van der Waals surface area contributed by atoms with Crippen molar-refractivity contribution in [1.82, 2.24) is 4.98 Å². The van der Waals surface area contributed by atoms with Crippen LogP contribution in [0.4, 0.5) is 5.69 Å². The minimum atomic E-state index is -1.81. The molecular weight excluding hydrogens is 292 g/mol. The van der Waals surface area contributed by atoms with Crippen LogP contribution in [0.25, 0.3) is 0 Å². The van der Waals surface area contributed by atoms with Gasteiger partial charge >= 0.3 is 0 Å². The summed E-state index contributed by atoms with van der Waals surface area (Å²) in [5, 5.41) is 0.174. The highest BCUT2D eigenvalue weighted by Gasteiger charge is 2.37. The number of nitrogens with zero attached hydrogens (tertiary/aromatic N) is 2. The SMILES string of the molecule is CC(C)(C)[Si](C)(C)OCc1cc(N2CCCC2)cc(C=O)n1. The van der Waals surface area contributed by atoms with Crippen LogP contribution in [0, 0.1) is 0 Å². The van der Waals surface area contributed by atoms with Crippen LogP contribution in [-0.2, 0) is 11.0 Å². The van der Waals surface area contributed by atoms with E-state index in [4.69, 9.17) is 4.43 Å². The fraction of sp³-hybridized carbons (Fsp3) is 0.647. The Bertz CT molecular complexity index is 532. The monoisotopic (exact) mass is 320 g/mol. The van der Waals surface area contributed by atoms with Crippen LogP contribution >= 0.6 is 0 Å². The highest BCUT2D eigenvalue weighted by Crippen LogP contribution is 2.37. The Morgan fingerprint density at radius 2 is 1.91 bits per heavy atom. The summed E-state index contributed by atoms with van der Waals surface area (Å²) in [5.74, 6) is 0. The van der Waals surface area contributed by atoms with Gasteiger partial charge in [0.1, 0.15) is 5.69 Å². The van der Waals surface area contributed by atoms with E-state index in [0.29, 0.717) is 12.3 Å². The van der Waals surface area contributed by atoms with Crippen molar-refractivity contribution in [3.8, 4) is 0 Å². The van der Waals surface area contributed by atoms with Crippen molar-refractivity contribution in [2.45, 2.75) is 58.4 Å². The quantitative estimate of drug-likeness (QED) is 0.607. The smallest absolute Gasteiger partial charge is 0.192 e. The van der Waals surface area contributed by atoms with Crippen LogP contribution in [-0.4, -0.2) is 32.7 Å². The van der Waals surface area contributed by atoms with Crippen molar-refractivity contribution in [3.63, 3.8) is 0 Å². The zero-order valence-electron chi connectivity index (χ0n) is 14.5. The Morgan fingerprint density at radius 3 is 2.45 bits per heavy atom. The molecule has 1 aromatic heterocycles. The number of aromatic nitrogens is 1. The lowest BCUT2D eigenvalue weighted by molar-refractivity contribution is 0.111. The van der Waals surface area contributed by atoms with Crippen molar-refractivity contribution < 1.29 is 9.22 Å². The standard InChI is InChI=1S/C17H28N2O2Si/c1-17(2,3)22(4,5)21-13-15-11-16(10-14(12-20)18-15)19-8-6-7-9-19/h10-12H,6-9,13H2,1-5H3. The van der Waals surface area contributed by atoms with Crippen molar-refractivity contribution in [2.75, 3.05) is 18.0 Å². The molecule has 1 saturated heterocycles.